The van der Waals surface area contributed by atoms with Gasteiger partial charge in [-0.1, -0.05) is 9.79 Å². The van der Waals surface area contributed by atoms with Crippen molar-refractivity contribution in [3.63, 3.8) is 0 Å². The lowest BCUT2D eigenvalue weighted by Gasteiger charge is -2.04. The molecule has 7 heteroatoms. The van der Waals surface area contributed by atoms with Gasteiger partial charge in [0.25, 0.3) is 0 Å². The smallest absolute Gasteiger partial charge is 0.334 e. The largest absolute Gasteiger partial charge is 0.388 e. The molecule has 0 fully saturated rings. The first-order valence-electron chi connectivity index (χ1n) is 3.53. The fourth-order valence-electron chi connectivity index (χ4n) is 0.827. The highest BCUT2D eigenvalue weighted by Gasteiger charge is 2.28. The van der Waals surface area contributed by atoms with E-state index in [1.165, 1.54) is 19.0 Å². The van der Waals surface area contributed by atoms with Gasteiger partial charge in [0.1, 0.15) is 6.61 Å². The summed E-state index contributed by atoms with van der Waals surface area (Å²) >= 11 is 0. The lowest BCUT2D eigenvalue weighted by molar-refractivity contribution is -0.714. The van der Waals surface area contributed by atoms with Crippen LogP contribution in [0.15, 0.2) is 4.63 Å². The van der Waals surface area contributed by atoms with E-state index in [-0.39, 0.29) is 16.0 Å². The zero-order valence-electron chi connectivity index (χ0n) is 7.27. The second-order valence-corrected chi connectivity index (χ2v) is 2.64. The van der Waals surface area contributed by atoms with Crippen molar-refractivity contribution in [3.8, 4) is 0 Å². The van der Waals surface area contributed by atoms with E-state index < -0.39 is 12.5 Å². The topological polar surface area (TPSA) is 92.4 Å². The van der Waals surface area contributed by atoms with Crippen LogP contribution < -0.4 is 4.60 Å². The van der Waals surface area contributed by atoms with Gasteiger partial charge in [0.05, 0.1) is 0 Å². The summed E-state index contributed by atoms with van der Waals surface area (Å²) in [5, 5.41) is 10.9. The molecule has 1 aromatic rings. The molecule has 1 aromatic heterocycles. The molecule has 0 aliphatic carbocycles. The first-order valence-corrected chi connectivity index (χ1v) is 3.53. The van der Waals surface area contributed by atoms with E-state index in [2.05, 4.69) is 9.79 Å². The molecule has 1 amide bonds. The van der Waals surface area contributed by atoms with Crippen molar-refractivity contribution < 1.29 is 19.1 Å². The Bertz CT molecular complexity index is 364. The van der Waals surface area contributed by atoms with Crippen LogP contribution in [0.4, 0.5) is 0 Å². The van der Waals surface area contributed by atoms with Gasteiger partial charge in [0.15, 0.2) is 4.60 Å². The standard InChI is InChI=1S/C6H9N3O4/c1-8(2)6(11)5-4(3-10)7-13-9(5)12/h10H,3H2,1-2H3/p+1. The average Bonchev–Trinajstić information content (AvgIpc) is 2.45. The minimum Gasteiger partial charge on any atom is -0.388 e. The van der Waals surface area contributed by atoms with Gasteiger partial charge in [-0.25, -0.2) is 0 Å². The second-order valence-electron chi connectivity index (χ2n) is 2.64. The third kappa shape index (κ3) is 1.59. The van der Waals surface area contributed by atoms with Crippen LogP contribution in [0, 0.1) is 4.91 Å². The fourth-order valence-corrected chi connectivity index (χ4v) is 0.827. The number of rotatable bonds is 2. The molecule has 0 aliphatic heterocycles. The highest BCUT2D eigenvalue weighted by Crippen LogP contribution is 2.01. The molecule has 0 bridgehead atoms. The van der Waals surface area contributed by atoms with Crippen molar-refractivity contribution in [2.75, 3.05) is 14.1 Å². The molecule has 7 nitrogen and oxygen atoms in total. The summed E-state index contributed by atoms with van der Waals surface area (Å²) < 4.78 is 4.32. The van der Waals surface area contributed by atoms with Crippen LogP contribution in [0.2, 0.25) is 0 Å². The minimum absolute atomic E-state index is 0.0356. The van der Waals surface area contributed by atoms with Crippen LogP contribution in [0.1, 0.15) is 16.2 Å². The number of carbonyl (C=O) groups excluding carboxylic acids is 1. The Morgan fingerprint density at radius 1 is 1.69 bits per heavy atom. The maximum atomic E-state index is 11.3. The van der Waals surface area contributed by atoms with Crippen LogP contribution in [0.3, 0.4) is 0 Å². The van der Waals surface area contributed by atoms with Crippen molar-refractivity contribution in [2.45, 2.75) is 6.61 Å². The molecule has 0 saturated carbocycles. The minimum atomic E-state index is -0.524. The zero-order chi connectivity index (χ0) is 10.0. The number of carbonyl (C=O) groups is 1. The van der Waals surface area contributed by atoms with E-state index in [0.717, 1.165) is 0 Å². The summed E-state index contributed by atoms with van der Waals surface area (Å²) in [6.07, 6.45) is 0. The molecule has 13 heavy (non-hydrogen) atoms. The fraction of sp³-hybridized carbons (Fsp3) is 0.500. The maximum Gasteiger partial charge on any atom is 0.334 e. The Balaban J connectivity index is 3.19. The first kappa shape index (κ1) is 9.46. The van der Waals surface area contributed by atoms with Crippen molar-refractivity contribution in [2.24, 2.45) is 0 Å². The Morgan fingerprint density at radius 3 is 2.77 bits per heavy atom. The van der Waals surface area contributed by atoms with Gasteiger partial charge in [-0.2, -0.15) is 0 Å². The second kappa shape index (κ2) is 3.40. The van der Waals surface area contributed by atoms with E-state index in [1.807, 2.05) is 0 Å². The molecule has 0 aliphatic rings. The number of aliphatic hydroxyl groups excluding tert-OH is 1. The number of hydrogen-bond donors (Lipinski definition) is 2. The third-order valence-electron chi connectivity index (χ3n) is 1.49. The lowest BCUT2D eigenvalue weighted by atomic mass is 10.3. The average molecular weight is 188 g/mol. The number of aromatic nitrogens is 2. The van der Waals surface area contributed by atoms with Gasteiger partial charge in [-0.05, 0) is 4.91 Å². The molecule has 2 N–H and O–H groups in total. The summed E-state index contributed by atoms with van der Waals surface area (Å²) in [5.74, 6) is -0.524. The molecule has 0 atom stereocenters. The lowest BCUT2D eigenvalue weighted by Crippen LogP contribution is -2.31. The predicted molar refractivity (Wildman–Crippen MR) is 40.4 cm³/mol. The van der Waals surface area contributed by atoms with Crippen LogP contribution in [-0.2, 0) is 6.61 Å². The molecule has 0 spiro atoms. The highest BCUT2D eigenvalue weighted by molar-refractivity contribution is 5.91. The predicted octanol–water partition coefficient (Wildman–Crippen LogP) is -1.28. The van der Waals surface area contributed by atoms with E-state index >= 15 is 0 Å². The molecule has 0 aromatic carbocycles. The van der Waals surface area contributed by atoms with Crippen molar-refractivity contribution in [3.05, 3.63) is 16.3 Å². The van der Waals surface area contributed by atoms with Crippen molar-refractivity contribution in [1.82, 2.24) is 10.1 Å². The summed E-state index contributed by atoms with van der Waals surface area (Å²) in [5.41, 5.74) is -0.166. The molecule has 0 radical (unpaired) electrons. The summed E-state index contributed by atoms with van der Waals surface area (Å²) in [7, 11) is 2.99. The van der Waals surface area contributed by atoms with Gasteiger partial charge in [-0.15, -0.1) is 0 Å². The molecular formula is C6H10N3O4+. The van der Waals surface area contributed by atoms with E-state index in [1.54, 1.807) is 0 Å². The van der Waals surface area contributed by atoms with Crippen LogP contribution >= 0.6 is 0 Å². The molecular weight excluding hydrogens is 178 g/mol. The number of hydrogen-bond acceptors (Lipinski definition) is 4. The molecule has 0 unspecified atom stereocenters. The molecule has 1 heterocycles. The highest BCUT2D eigenvalue weighted by atomic mass is 16.7. The van der Waals surface area contributed by atoms with Crippen molar-refractivity contribution in [1.29, 1.82) is 0 Å². The van der Waals surface area contributed by atoms with Gasteiger partial charge >= 0.3 is 11.6 Å². The number of nitrogens with one attached hydrogen (secondary N) is 1. The molecule has 72 valence electrons. The summed E-state index contributed by atoms with van der Waals surface area (Å²) in [4.78, 5) is 23.4. The van der Waals surface area contributed by atoms with Crippen LogP contribution in [0.5, 0.6) is 0 Å². The number of aliphatic hydroxyl groups is 1. The Hall–Kier alpha value is -1.63. The molecule has 1 rings (SSSR count). The monoisotopic (exact) mass is 188 g/mol. The Labute approximate surface area is 73.1 Å². The van der Waals surface area contributed by atoms with Crippen molar-refractivity contribution >= 4 is 5.91 Å². The van der Waals surface area contributed by atoms with E-state index in [9.17, 15) is 9.70 Å². The Kier molecular flexibility index (Phi) is 2.47. The number of amides is 1. The van der Waals surface area contributed by atoms with E-state index in [4.69, 9.17) is 5.11 Å². The van der Waals surface area contributed by atoms with Crippen LogP contribution in [-0.4, -0.2) is 35.2 Å². The Morgan fingerprint density at radius 2 is 2.31 bits per heavy atom. The molecule has 0 saturated heterocycles. The number of H-pyrrole nitrogens is 1. The number of aromatic amines is 1. The van der Waals surface area contributed by atoms with Gasteiger partial charge < -0.3 is 10.0 Å². The SMILES string of the molecule is CN(C)C(=O)c1c(CO)[nH]o[n+]1=O. The first-order chi connectivity index (χ1) is 6.07. The van der Waals surface area contributed by atoms with Gasteiger partial charge in [-0.3, -0.25) is 4.79 Å². The summed E-state index contributed by atoms with van der Waals surface area (Å²) in [6.45, 7) is -0.451. The van der Waals surface area contributed by atoms with Gasteiger partial charge in [0.2, 0.25) is 5.69 Å². The van der Waals surface area contributed by atoms with Gasteiger partial charge in [0, 0.05) is 14.1 Å². The maximum absolute atomic E-state index is 11.3. The quantitative estimate of drug-likeness (QED) is 0.604. The zero-order valence-corrected chi connectivity index (χ0v) is 7.27. The van der Waals surface area contributed by atoms with E-state index in [0.29, 0.717) is 0 Å². The van der Waals surface area contributed by atoms with Crippen LogP contribution in [0.25, 0.3) is 0 Å². The summed E-state index contributed by atoms with van der Waals surface area (Å²) in [6, 6.07) is 0. The third-order valence-corrected chi connectivity index (χ3v) is 1.49. The number of nitrogens with zero attached hydrogens (tertiary/aromatic N) is 2. The normalized spacial score (nSPS) is 10.1.